The van der Waals surface area contributed by atoms with Gasteiger partial charge in [-0.1, -0.05) is 18.6 Å². The van der Waals surface area contributed by atoms with Gasteiger partial charge in [0.05, 0.1) is 12.3 Å². The summed E-state index contributed by atoms with van der Waals surface area (Å²) >= 11 is 0. The van der Waals surface area contributed by atoms with Crippen LogP contribution in [0.1, 0.15) is 46.0 Å². The van der Waals surface area contributed by atoms with E-state index < -0.39 is 6.17 Å². The van der Waals surface area contributed by atoms with Gasteiger partial charge in [0, 0.05) is 37.1 Å². The van der Waals surface area contributed by atoms with Crippen molar-refractivity contribution in [1.82, 2.24) is 26.2 Å². The number of alkyl halides is 1. The first-order valence-electron chi connectivity index (χ1n) is 12.1. The van der Waals surface area contributed by atoms with Crippen LogP contribution in [0.25, 0.3) is 0 Å². The lowest BCUT2D eigenvalue weighted by Gasteiger charge is -2.47. The number of hydrogen-bond acceptors (Lipinski definition) is 6. The summed E-state index contributed by atoms with van der Waals surface area (Å²) in [6, 6.07) is 0.207. The Labute approximate surface area is 181 Å². The summed E-state index contributed by atoms with van der Waals surface area (Å²) in [5.41, 5.74) is 1.28. The van der Waals surface area contributed by atoms with Crippen molar-refractivity contribution in [2.45, 2.75) is 82.8 Å². The molecule has 2 saturated heterocycles. The Morgan fingerprint density at radius 2 is 2.17 bits per heavy atom. The monoisotopic (exact) mass is 423 g/mol. The molecule has 0 bridgehead atoms. The van der Waals surface area contributed by atoms with E-state index in [2.05, 4.69) is 53.1 Å². The van der Waals surface area contributed by atoms with E-state index in [0.717, 1.165) is 51.8 Å². The number of hydrogen-bond donors (Lipinski definition) is 4. The number of nitrogens with zero attached hydrogens (tertiary/aromatic N) is 1. The molecule has 0 radical (unpaired) electrons. The highest BCUT2D eigenvalue weighted by Crippen LogP contribution is 2.44. The van der Waals surface area contributed by atoms with Crippen LogP contribution in [0.2, 0.25) is 0 Å². The second kappa shape index (κ2) is 9.92. The van der Waals surface area contributed by atoms with Crippen LogP contribution in [0, 0.1) is 17.8 Å². The van der Waals surface area contributed by atoms with Gasteiger partial charge in [0.1, 0.15) is 12.5 Å². The molecule has 0 aromatic carbocycles. The first-order valence-corrected chi connectivity index (χ1v) is 12.1. The Morgan fingerprint density at radius 3 is 2.93 bits per heavy atom. The van der Waals surface area contributed by atoms with Crippen LogP contribution in [0.15, 0.2) is 11.6 Å². The summed E-state index contributed by atoms with van der Waals surface area (Å²) in [6.45, 7) is 7.23. The third-order valence-electron chi connectivity index (χ3n) is 8.01. The lowest BCUT2D eigenvalue weighted by Crippen LogP contribution is -2.72. The molecule has 172 valence electrons. The van der Waals surface area contributed by atoms with Crippen LogP contribution in [-0.4, -0.2) is 75.5 Å². The molecular weight excluding hydrogens is 381 g/mol. The minimum atomic E-state index is -0.921. The first kappa shape index (κ1) is 22.6. The Balaban J connectivity index is 1.48. The number of fused-ring (bicyclic) bond motifs is 1. The molecule has 9 atom stereocenters. The molecule has 1 aliphatic carbocycles. The lowest BCUT2D eigenvalue weighted by molar-refractivity contribution is -0.0276. The molecule has 3 heterocycles. The van der Waals surface area contributed by atoms with Crippen LogP contribution in [0.5, 0.6) is 0 Å². The maximum Gasteiger partial charge on any atom is 0.124 e. The summed E-state index contributed by atoms with van der Waals surface area (Å²) < 4.78 is 22.2. The largest absolute Gasteiger partial charge is 0.377 e. The molecule has 3 fully saturated rings. The topological polar surface area (TPSA) is 60.6 Å². The van der Waals surface area contributed by atoms with Crippen LogP contribution in [-0.2, 0) is 4.74 Å². The van der Waals surface area contributed by atoms with Gasteiger partial charge in [0.2, 0.25) is 0 Å². The molecule has 6 nitrogen and oxygen atoms in total. The molecule has 7 heteroatoms. The fraction of sp³-hybridized carbons (Fsp3) is 0.913. The summed E-state index contributed by atoms with van der Waals surface area (Å²) in [4.78, 5) is 2.32. The van der Waals surface area contributed by atoms with Gasteiger partial charge in [-0.25, -0.2) is 4.39 Å². The summed E-state index contributed by atoms with van der Waals surface area (Å²) in [5.74, 6) is 0.847. The summed E-state index contributed by atoms with van der Waals surface area (Å²) in [5, 5.41) is 14.3. The van der Waals surface area contributed by atoms with E-state index in [4.69, 9.17) is 4.74 Å². The molecule has 4 aliphatic rings. The molecule has 4 rings (SSSR count). The zero-order valence-corrected chi connectivity index (χ0v) is 19.2. The molecule has 1 saturated carbocycles. The molecule has 0 spiro atoms. The minimum Gasteiger partial charge on any atom is -0.377 e. The zero-order valence-electron chi connectivity index (χ0n) is 19.2. The Bertz CT molecular complexity index is 604. The van der Waals surface area contributed by atoms with E-state index in [1.165, 1.54) is 5.57 Å². The average Bonchev–Trinajstić information content (AvgIpc) is 3.08. The van der Waals surface area contributed by atoms with Crippen molar-refractivity contribution in [3.63, 3.8) is 0 Å². The standard InChI is InChI=1S/C23H42FN5O/c1-5-17-14(2)26-23(28-22(17)25-3)27-18-13-16-9-12-30-21(16)19(20(18)24)15-7-6-10-29(4)11-8-15/h8,14,16-23,25-28H,5-7,9-13H2,1-4H3. The van der Waals surface area contributed by atoms with Gasteiger partial charge in [-0.05, 0) is 65.6 Å². The van der Waals surface area contributed by atoms with Crippen molar-refractivity contribution < 1.29 is 9.13 Å². The number of halogens is 1. The molecule has 0 amide bonds. The summed E-state index contributed by atoms with van der Waals surface area (Å²) in [6.07, 6.45) is 6.65. The number of likely N-dealkylation sites (N-methyl/N-ethyl adjacent to an activating group) is 1. The van der Waals surface area contributed by atoms with Gasteiger partial charge in [0.15, 0.2) is 0 Å². The van der Waals surface area contributed by atoms with Crippen LogP contribution in [0.4, 0.5) is 4.39 Å². The van der Waals surface area contributed by atoms with E-state index in [0.29, 0.717) is 17.9 Å². The first-order chi connectivity index (χ1) is 14.5. The Hall–Kier alpha value is -0.570. The fourth-order valence-electron chi connectivity index (χ4n) is 6.31. The van der Waals surface area contributed by atoms with E-state index in [9.17, 15) is 0 Å². The number of ether oxygens (including phenoxy) is 1. The smallest absolute Gasteiger partial charge is 0.124 e. The van der Waals surface area contributed by atoms with E-state index in [1.807, 2.05) is 7.05 Å². The summed E-state index contributed by atoms with van der Waals surface area (Å²) in [7, 11) is 4.15. The van der Waals surface area contributed by atoms with Crippen LogP contribution < -0.4 is 21.3 Å². The second-order valence-corrected chi connectivity index (χ2v) is 9.90. The quantitative estimate of drug-likeness (QED) is 0.506. The van der Waals surface area contributed by atoms with Crippen molar-refractivity contribution in [2.24, 2.45) is 17.8 Å². The highest BCUT2D eigenvalue weighted by Gasteiger charge is 2.50. The molecule has 0 aromatic heterocycles. The van der Waals surface area contributed by atoms with Crippen molar-refractivity contribution in [1.29, 1.82) is 0 Å². The van der Waals surface area contributed by atoms with Gasteiger partial charge in [-0.15, -0.1) is 0 Å². The molecule has 0 aromatic rings. The van der Waals surface area contributed by atoms with Crippen molar-refractivity contribution >= 4 is 0 Å². The number of nitrogens with one attached hydrogen (secondary N) is 4. The predicted molar refractivity (Wildman–Crippen MR) is 119 cm³/mol. The average molecular weight is 424 g/mol. The van der Waals surface area contributed by atoms with Crippen LogP contribution in [0.3, 0.4) is 0 Å². The van der Waals surface area contributed by atoms with Gasteiger partial charge >= 0.3 is 0 Å². The highest BCUT2D eigenvalue weighted by molar-refractivity contribution is 5.18. The van der Waals surface area contributed by atoms with Gasteiger partial charge in [-0.2, -0.15) is 0 Å². The van der Waals surface area contributed by atoms with E-state index >= 15 is 4.39 Å². The SMILES string of the molecule is CCC1C(C)NC(NC2CC3CCOC3C(C3=CCN(C)CCC3)C2F)NC1NC. The molecule has 4 N–H and O–H groups in total. The van der Waals surface area contributed by atoms with E-state index in [1.54, 1.807) is 0 Å². The third kappa shape index (κ3) is 4.62. The minimum absolute atomic E-state index is 0.0495. The van der Waals surface area contributed by atoms with Crippen molar-refractivity contribution in [2.75, 3.05) is 33.8 Å². The predicted octanol–water partition coefficient (Wildman–Crippen LogP) is 1.80. The zero-order chi connectivity index (χ0) is 21.3. The second-order valence-electron chi connectivity index (χ2n) is 9.90. The highest BCUT2D eigenvalue weighted by atomic mass is 19.1. The molecule has 3 aliphatic heterocycles. The van der Waals surface area contributed by atoms with Crippen LogP contribution >= 0.6 is 0 Å². The number of rotatable bonds is 5. The van der Waals surface area contributed by atoms with Gasteiger partial charge < -0.3 is 15.0 Å². The van der Waals surface area contributed by atoms with Gasteiger partial charge in [0.25, 0.3) is 0 Å². The normalized spacial score (nSPS) is 45.6. The van der Waals surface area contributed by atoms with E-state index in [-0.39, 0.29) is 30.5 Å². The molecular formula is C23H42FN5O. The fourth-order valence-corrected chi connectivity index (χ4v) is 6.31. The Kier molecular flexibility index (Phi) is 7.48. The van der Waals surface area contributed by atoms with Crippen molar-refractivity contribution in [3.05, 3.63) is 11.6 Å². The molecule has 30 heavy (non-hydrogen) atoms. The maximum absolute atomic E-state index is 16.1. The molecule has 9 unspecified atom stereocenters. The van der Waals surface area contributed by atoms with Crippen molar-refractivity contribution in [3.8, 4) is 0 Å². The lowest BCUT2D eigenvalue weighted by atomic mass is 9.71. The van der Waals surface area contributed by atoms with Gasteiger partial charge in [-0.3, -0.25) is 16.0 Å². The Morgan fingerprint density at radius 1 is 1.33 bits per heavy atom. The maximum atomic E-state index is 16.1. The third-order valence-corrected chi connectivity index (χ3v) is 8.01.